The van der Waals surface area contributed by atoms with Crippen molar-refractivity contribution in [1.82, 2.24) is 9.97 Å². The van der Waals surface area contributed by atoms with Gasteiger partial charge in [0.25, 0.3) is 0 Å². The Morgan fingerprint density at radius 1 is 1.36 bits per heavy atom. The van der Waals surface area contributed by atoms with Crippen molar-refractivity contribution >= 4 is 11.6 Å². The zero-order valence-electron chi connectivity index (χ0n) is 8.57. The fraction of sp³-hybridized carbons (Fsp3) is 0.333. The predicted octanol–water partition coefficient (Wildman–Crippen LogP) is 2.93. The lowest BCUT2D eigenvalue weighted by Crippen LogP contribution is -1.98. The van der Waals surface area contributed by atoms with Crippen LogP contribution in [0.2, 0.25) is 0 Å². The Balaban J connectivity index is 2.55. The molecule has 1 aromatic heterocycles. The zero-order chi connectivity index (χ0) is 9.97. The van der Waals surface area contributed by atoms with E-state index in [4.69, 9.17) is 0 Å². The van der Waals surface area contributed by atoms with Gasteiger partial charge in [0.15, 0.2) is 0 Å². The van der Waals surface area contributed by atoms with Gasteiger partial charge in [-0.05, 0) is 24.0 Å². The maximum atomic E-state index is 4.27. The number of aromatic nitrogens is 2. The summed E-state index contributed by atoms with van der Waals surface area (Å²) < 4.78 is 0. The fourth-order valence-corrected chi connectivity index (χ4v) is 1.73. The average Bonchev–Trinajstić information content (AvgIpc) is 2.39. The number of nitrogens with zero attached hydrogens (tertiary/aromatic N) is 2. The lowest BCUT2D eigenvalue weighted by atomic mass is 9.95. The molecule has 0 N–H and O–H groups in total. The smallest absolute Gasteiger partial charge is 0.116 e. The number of hydrogen-bond acceptors (Lipinski definition) is 2. The first-order chi connectivity index (χ1) is 6.79. The number of rotatable bonds is 1. The van der Waals surface area contributed by atoms with Crippen LogP contribution in [0.4, 0.5) is 0 Å². The summed E-state index contributed by atoms with van der Waals surface area (Å²) in [6.07, 6.45) is 11.0. The molecule has 14 heavy (non-hydrogen) atoms. The van der Waals surface area contributed by atoms with Crippen molar-refractivity contribution in [3.8, 4) is 0 Å². The van der Waals surface area contributed by atoms with E-state index in [0.29, 0.717) is 5.92 Å². The molecule has 0 spiro atoms. The SMILES string of the molecule is CC(C)C1=CCC=Cc2ncncc21. The van der Waals surface area contributed by atoms with Crippen LogP contribution in [0.25, 0.3) is 11.6 Å². The van der Waals surface area contributed by atoms with Crippen molar-refractivity contribution in [2.24, 2.45) is 5.92 Å². The summed E-state index contributed by atoms with van der Waals surface area (Å²) in [5.41, 5.74) is 3.57. The van der Waals surface area contributed by atoms with Crippen molar-refractivity contribution in [3.63, 3.8) is 0 Å². The van der Waals surface area contributed by atoms with Gasteiger partial charge in [0.05, 0.1) is 5.69 Å². The quantitative estimate of drug-likeness (QED) is 0.674. The normalized spacial score (nSPS) is 14.9. The first-order valence-corrected chi connectivity index (χ1v) is 4.96. The molecule has 2 rings (SSSR count). The molecule has 1 heterocycles. The highest BCUT2D eigenvalue weighted by molar-refractivity contribution is 5.74. The topological polar surface area (TPSA) is 25.8 Å². The van der Waals surface area contributed by atoms with E-state index in [2.05, 4.69) is 42.0 Å². The molecule has 1 aliphatic carbocycles. The highest BCUT2D eigenvalue weighted by atomic mass is 14.8. The molecule has 1 aromatic rings. The number of hydrogen-bond donors (Lipinski definition) is 0. The molecule has 1 aliphatic rings. The third-order valence-corrected chi connectivity index (χ3v) is 2.43. The molecular weight excluding hydrogens is 172 g/mol. The molecule has 0 aliphatic heterocycles. The molecule has 0 radical (unpaired) electrons. The highest BCUT2D eigenvalue weighted by Crippen LogP contribution is 2.27. The van der Waals surface area contributed by atoms with Crippen LogP contribution in [0.3, 0.4) is 0 Å². The van der Waals surface area contributed by atoms with Crippen LogP contribution in [-0.4, -0.2) is 9.97 Å². The van der Waals surface area contributed by atoms with Crippen LogP contribution < -0.4 is 0 Å². The van der Waals surface area contributed by atoms with Crippen LogP contribution in [0.5, 0.6) is 0 Å². The second-order valence-corrected chi connectivity index (χ2v) is 3.77. The summed E-state index contributed by atoms with van der Waals surface area (Å²) in [4.78, 5) is 8.36. The standard InChI is InChI=1S/C12H14N2/c1-9(2)10-5-3-4-6-12-11(10)7-13-8-14-12/h4-9H,3H2,1-2H3. The van der Waals surface area contributed by atoms with Gasteiger partial charge >= 0.3 is 0 Å². The Labute approximate surface area is 84.4 Å². The minimum atomic E-state index is 0.527. The van der Waals surface area contributed by atoms with Crippen LogP contribution in [0, 0.1) is 5.92 Å². The monoisotopic (exact) mass is 186 g/mol. The van der Waals surface area contributed by atoms with E-state index in [-0.39, 0.29) is 0 Å². The number of fused-ring (bicyclic) bond motifs is 1. The lowest BCUT2D eigenvalue weighted by Gasteiger charge is -2.11. The zero-order valence-corrected chi connectivity index (χ0v) is 8.57. The van der Waals surface area contributed by atoms with Crippen LogP contribution >= 0.6 is 0 Å². The van der Waals surface area contributed by atoms with Gasteiger partial charge in [-0.15, -0.1) is 0 Å². The fourth-order valence-electron chi connectivity index (χ4n) is 1.73. The first kappa shape index (κ1) is 9.13. The molecule has 0 amide bonds. The van der Waals surface area contributed by atoms with E-state index >= 15 is 0 Å². The molecule has 0 unspecified atom stereocenters. The second-order valence-electron chi connectivity index (χ2n) is 3.77. The summed E-state index contributed by atoms with van der Waals surface area (Å²) in [5.74, 6) is 0.527. The molecule has 0 atom stereocenters. The van der Waals surface area contributed by atoms with Gasteiger partial charge in [0.1, 0.15) is 6.33 Å². The third-order valence-electron chi connectivity index (χ3n) is 2.43. The molecule has 0 aromatic carbocycles. The van der Waals surface area contributed by atoms with Crippen molar-refractivity contribution in [2.45, 2.75) is 20.3 Å². The van der Waals surface area contributed by atoms with Crippen LogP contribution in [0.1, 0.15) is 31.5 Å². The minimum Gasteiger partial charge on any atom is -0.244 e. The van der Waals surface area contributed by atoms with E-state index in [1.54, 1.807) is 6.33 Å². The van der Waals surface area contributed by atoms with Crippen molar-refractivity contribution in [3.05, 3.63) is 35.9 Å². The van der Waals surface area contributed by atoms with E-state index in [9.17, 15) is 0 Å². The average molecular weight is 186 g/mol. The number of allylic oxidation sites excluding steroid dienone is 3. The van der Waals surface area contributed by atoms with Crippen LogP contribution in [-0.2, 0) is 0 Å². The first-order valence-electron chi connectivity index (χ1n) is 4.96. The molecule has 72 valence electrons. The van der Waals surface area contributed by atoms with Gasteiger partial charge in [0.2, 0.25) is 0 Å². The molecule has 0 saturated heterocycles. The molecular formula is C12H14N2. The minimum absolute atomic E-state index is 0.527. The predicted molar refractivity (Wildman–Crippen MR) is 58.5 cm³/mol. The maximum Gasteiger partial charge on any atom is 0.116 e. The van der Waals surface area contributed by atoms with Gasteiger partial charge in [-0.3, -0.25) is 0 Å². The van der Waals surface area contributed by atoms with E-state index < -0.39 is 0 Å². The van der Waals surface area contributed by atoms with E-state index in [1.165, 1.54) is 11.1 Å². The molecule has 2 nitrogen and oxygen atoms in total. The summed E-state index contributed by atoms with van der Waals surface area (Å²) in [6.45, 7) is 4.40. The second kappa shape index (κ2) is 3.74. The Morgan fingerprint density at radius 2 is 2.21 bits per heavy atom. The van der Waals surface area contributed by atoms with Crippen molar-refractivity contribution < 1.29 is 0 Å². The van der Waals surface area contributed by atoms with E-state index in [1.807, 2.05) is 6.20 Å². The Hall–Kier alpha value is -1.44. The molecule has 0 bridgehead atoms. The van der Waals surface area contributed by atoms with Gasteiger partial charge in [0, 0.05) is 11.8 Å². The van der Waals surface area contributed by atoms with Crippen molar-refractivity contribution in [1.29, 1.82) is 0 Å². The van der Waals surface area contributed by atoms with Crippen LogP contribution in [0.15, 0.2) is 24.7 Å². The molecule has 0 saturated carbocycles. The Morgan fingerprint density at radius 3 is 3.00 bits per heavy atom. The summed E-state index contributed by atoms with van der Waals surface area (Å²) in [5, 5.41) is 0. The van der Waals surface area contributed by atoms with Crippen molar-refractivity contribution in [2.75, 3.05) is 0 Å². The van der Waals surface area contributed by atoms with Gasteiger partial charge in [-0.25, -0.2) is 9.97 Å². The lowest BCUT2D eigenvalue weighted by molar-refractivity contribution is 0.849. The van der Waals surface area contributed by atoms with Gasteiger partial charge < -0.3 is 0 Å². The van der Waals surface area contributed by atoms with Gasteiger partial charge in [-0.2, -0.15) is 0 Å². The Kier molecular flexibility index (Phi) is 2.44. The van der Waals surface area contributed by atoms with E-state index in [0.717, 1.165) is 12.1 Å². The maximum absolute atomic E-state index is 4.27. The molecule has 2 heteroatoms. The summed E-state index contributed by atoms with van der Waals surface area (Å²) in [7, 11) is 0. The van der Waals surface area contributed by atoms with Gasteiger partial charge in [-0.1, -0.05) is 26.0 Å². The Bertz CT molecular complexity index is 389. The highest BCUT2D eigenvalue weighted by Gasteiger charge is 2.12. The third kappa shape index (κ3) is 1.60. The summed E-state index contributed by atoms with van der Waals surface area (Å²) >= 11 is 0. The summed E-state index contributed by atoms with van der Waals surface area (Å²) in [6, 6.07) is 0. The molecule has 0 fully saturated rings. The largest absolute Gasteiger partial charge is 0.244 e.